The van der Waals surface area contributed by atoms with E-state index in [0.717, 1.165) is 0 Å². The summed E-state index contributed by atoms with van der Waals surface area (Å²) in [5, 5.41) is 15.9. The fourth-order valence-corrected chi connectivity index (χ4v) is 2.09. The largest absolute Gasteiger partial charge is 0.493 e. The van der Waals surface area contributed by atoms with Crippen LogP contribution >= 0.6 is 11.8 Å². The maximum absolute atomic E-state index is 8.81. The molecule has 0 aliphatic carbocycles. The van der Waals surface area contributed by atoms with Gasteiger partial charge in [0.2, 0.25) is 11.1 Å². The number of rotatable bonds is 6. The molecule has 0 aliphatic heterocycles. The van der Waals surface area contributed by atoms with E-state index < -0.39 is 0 Å². The van der Waals surface area contributed by atoms with E-state index in [1.165, 1.54) is 18.9 Å². The highest BCUT2D eigenvalue weighted by atomic mass is 32.2. The van der Waals surface area contributed by atoms with Crippen molar-refractivity contribution in [3.63, 3.8) is 0 Å². The number of hydrogen-bond acceptors (Lipinski definition) is 7. The average molecular weight is 291 g/mol. The molecular weight excluding hydrogens is 278 g/mol. The van der Waals surface area contributed by atoms with Gasteiger partial charge in [0.15, 0.2) is 11.5 Å². The zero-order valence-corrected chi connectivity index (χ0v) is 11.6. The van der Waals surface area contributed by atoms with E-state index in [2.05, 4.69) is 15.2 Å². The maximum Gasteiger partial charge on any atom is 0.216 e. The predicted octanol–water partition coefficient (Wildman–Crippen LogP) is 1.44. The van der Waals surface area contributed by atoms with Crippen molar-refractivity contribution >= 4 is 17.7 Å². The number of ether oxygens (including phenoxy) is 2. The summed E-state index contributed by atoms with van der Waals surface area (Å²) < 4.78 is 10.8. The first kappa shape index (κ1) is 14.0. The summed E-state index contributed by atoms with van der Waals surface area (Å²) in [5.74, 6) is 2.10. The molecule has 1 heterocycles. The molecule has 8 heteroatoms. The number of nitrogens with one attached hydrogen (secondary N) is 1. The highest BCUT2D eigenvalue weighted by molar-refractivity contribution is 7.99. The van der Waals surface area contributed by atoms with Crippen LogP contribution in [0.4, 0.5) is 5.95 Å². The summed E-state index contributed by atoms with van der Waals surface area (Å²) in [6.07, 6.45) is 0. The molecule has 0 fully saturated rings. The number of nitrogens with two attached hydrogens (primary N) is 1. The number of nitrogens with zero attached hydrogens (tertiary/aromatic N) is 3. The molecule has 104 valence electrons. The second-order valence-electron chi connectivity index (χ2n) is 3.68. The number of anilines is 1. The minimum atomic E-state index is 0.294. The lowest BCUT2D eigenvalue weighted by molar-refractivity contribution is 0.313. The van der Waals surface area contributed by atoms with Crippen LogP contribution in [0.25, 0.3) is 0 Å². The highest BCUT2D eigenvalue weighted by Crippen LogP contribution is 2.28. The van der Waals surface area contributed by atoms with Gasteiger partial charge in [-0.05, 0) is 12.1 Å². The third-order valence-electron chi connectivity index (χ3n) is 2.35. The van der Waals surface area contributed by atoms with E-state index in [-0.39, 0.29) is 0 Å². The van der Waals surface area contributed by atoms with Crippen molar-refractivity contribution < 1.29 is 9.47 Å². The number of hydrogen-bond donors (Lipinski definition) is 2. The van der Waals surface area contributed by atoms with Gasteiger partial charge in [-0.3, -0.25) is 0 Å². The van der Waals surface area contributed by atoms with Gasteiger partial charge < -0.3 is 15.2 Å². The Bertz CT molecular complexity index is 623. The Morgan fingerprint density at radius 1 is 1.45 bits per heavy atom. The molecule has 1 aromatic carbocycles. The zero-order chi connectivity index (χ0) is 14.4. The van der Waals surface area contributed by atoms with Gasteiger partial charge in [0.05, 0.1) is 25.3 Å². The molecule has 0 saturated carbocycles. The summed E-state index contributed by atoms with van der Waals surface area (Å²) in [6.45, 7) is 0.460. The van der Waals surface area contributed by atoms with Gasteiger partial charge in [-0.25, -0.2) is 5.10 Å². The van der Waals surface area contributed by atoms with Crippen LogP contribution in [-0.2, 0) is 0 Å². The third-order valence-corrected chi connectivity index (χ3v) is 3.16. The Kier molecular flexibility index (Phi) is 4.68. The summed E-state index contributed by atoms with van der Waals surface area (Å²) >= 11 is 1.43. The first-order valence-corrected chi connectivity index (χ1v) is 6.73. The van der Waals surface area contributed by atoms with Gasteiger partial charge in [-0.15, -0.1) is 5.10 Å². The summed E-state index contributed by atoms with van der Waals surface area (Å²) in [5.41, 5.74) is 5.95. The number of aromatic nitrogens is 3. The topological polar surface area (TPSA) is 110 Å². The summed E-state index contributed by atoms with van der Waals surface area (Å²) in [4.78, 5) is 3.97. The fraction of sp³-hybridized carbons (Fsp3) is 0.250. The van der Waals surface area contributed by atoms with Crippen molar-refractivity contribution in [2.24, 2.45) is 0 Å². The van der Waals surface area contributed by atoms with Gasteiger partial charge in [-0.1, -0.05) is 11.8 Å². The molecule has 0 bridgehead atoms. The first-order valence-electron chi connectivity index (χ1n) is 5.74. The van der Waals surface area contributed by atoms with Gasteiger partial charge in [0.25, 0.3) is 0 Å². The molecule has 7 nitrogen and oxygen atoms in total. The van der Waals surface area contributed by atoms with Crippen molar-refractivity contribution in [2.45, 2.75) is 5.16 Å². The minimum absolute atomic E-state index is 0.294. The normalized spacial score (nSPS) is 10.0. The molecule has 2 aromatic rings. The van der Waals surface area contributed by atoms with Crippen molar-refractivity contribution in [1.82, 2.24) is 15.2 Å². The number of thioether (sulfide) groups is 1. The van der Waals surface area contributed by atoms with E-state index in [1.54, 1.807) is 18.2 Å². The molecule has 3 N–H and O–H groups in total. The van der Waals surface area contributed by atoms with Gasteiger partial charge >= 0.3 is 0 Å². The number of nitriles is 1. The second-order valence-corrected chi connectivity index (χ2v) is 4.74. The van der Waals surface area contributed by atoms with Gasteiger partial charge in [0.1, 0.15) is 0 Å². The monoisotopic (exact) mass is 291 g/mol. The SMILES string of the molecule is COc1cc(C#N)ccc1OCCSc1n[nH]c(N)n1. The summed E-state index contributed by atoms with van der Waals surface area (Å²) in [6, 6.07) is 7.08. The second kappa shape index (κ2) is 6.68. The van der Waals surface area contributed by atoms with Crippen LogP contribution in [0.3, 0.4) is 0 Å². The lowest BCUT2D eigenvalue weighted by Crippen LogP contribution is -2.02. The molecule has 20 heavy (non-hydrogen) atoms. The Morgan fingerprint density at radius 2 is 2.30 bits per heavy atom. The zero-order valence-electron chi connectivity index (χ0n) is 10.8. The Labute approximate surface area is 120 Å². The first-order chi connectivity index (χ1) is 9.72. The maximum atomic E-state index is 8.81. The van der Waals surface area contributed by atoms with Crippen molar-refractivity contribution in [3.8, 4) is 17.6 Å². The average Bonchev–Trinajstić information content (AvgIpc) is 2.89. The lowest BCUT2D eigenvalue weighted by Gasteiger charge is -2.10. The Balaban J connectivity index is 1.86. The van der Waals surface area contributed by atoms with Crippen LogP contribution in [0.2, 0.25) is 0 Å². The summed E-state index contributed by atoms with van der Waals surface area (Å²) in [7, 11) is 1.54. The van der Waals surface area contributed by atoms with Crippen LogP contribution < -0.4 is 15.2 Å². The standard InChI is InChI=1S/C12H13N5O2S/c1-18-10-6-8(7-13)2-3-9(10)19-4-5-20-12-15-11(14)16-17-12/h2-3,6H,4-5H2,1H3,(H3,14,15,16,17). The molecule has 0 spiro atoms. The van der Waals surface area contributed by atoms with E-state index in [0.29, 0.717) is 40.5 Å². The van der Waals surface area contributed by atoms with Crippen LogP contribution in [0.5, 0.6) is 11.5 Å². The Morgan fingerprint density at radius 3 is 2.95 bits per heavy atom. The fourth-order valence-electron chi connectivity index (χ4n) is 1.46. The van der Waals surface area contributed by atoms with Crippen LogP contribution in [0.1, 0.15) is 5.56 Å². The van der Waals surface area contributed by atoms with E-state index >= 15 is 0 Å². The number of benzene rings is 1. The molecule has 2 rings (SSSR count). The van der Waals surface area contributed by atoms with Crippen LogP contribution in [0, 0.1) is 11.3 Å². The molecule has 0 amide bonds. The molecule has 0 radical (unpaired) electrons. The van der Waals surface area contributed by atoms with Crippen LogP contribution in [0.15, 0.2) is 23.4 Å². The van der Waals surface area contributed by atoms with Crippen LogP contribution in [-0.4, -0.2) is 34.7 Å². The number of nitrogen functional groups attached to an aromatic ring is 1. The molecule has 0 unspecified atom stereocenters. The number of H-pyrrole nitrogens is 1. The van der Waals surface area contributed by atoms with Crippen molar-refractivity contribution in [3.05, 3.63) is 23.8 Å². The van der Waals surface area contributed by atoms with Crippen molar-refractivity contribution in [1.29, 1.82) is 5.26 Å². The predicted molar refractivity (Wildman–Crippen MR) is 74.7 cm³/mol. The number of aromatic amines is 1. The van der Waals surface area contributed by atoms with E-state index in [4.69, 9.17) is 20.5 Å². The van der Waals surface area contributed by atoms with E-state index in [1.807, 2.05) is 6.07 Å². The van der Waals surface area contributed by atoms with E-state index in [9.17, 15) is 0 Å². The van der Waals surface area contributed by atoms with Gasteiger partial charge in [-0.2, -0.15) is 10.2 Å². The van der Waals surface area contributed by atoms with Gasteiger partial charge in [0, 0.05) is 11.8 Å². The molecule has 1 aromatic heterocycles. The molecule has 0 atom stereocenters. The highest BCUT2D eigenvalue weighted by Gasteiger charge is 2.06. The van der Waals surface area contributed by atoms with Crippen molar-refractivity contribution in [2.75, 3.05) is 25.2 Å². The molecular formula is C12H13N5O2S. The minimum Gasteiger partial charge on any atom is -0.493 e. The molecule has 0 saturated heterocycles. The number of methoxy groups -OCH3 is 1. The smallest absolute Gasteiger partial charge is 0.216 e. The molecule has 0 aliphatic rings. The third kappa shape index (κ3) is 3.55. The lowest BCUT2D eigenvalue weighted by atomic mass is 10.2. The Hall–Kier alpha value is -2.40. The quantitative estimate of drug-likeness (QED) is 0.612.